The highest BCUT2D eigenvalue weighted by Gasteiger charge is 2.30. The van der Waals surface area contributed by atoms with E-state index in [1.807, 2.05) is 58.4 Å². The highest BCUT2D eigenvalue weighted by Crippen LogP contribution is 2.26. The van der Waals surface area contributed by atoms with Gasteiger partial charge in [0.15, 0.2) is 0 Å². The Hall–Kier alpha value is -4.88. The molecule has 0 spiro atoms. The first-order valence-corrected chi connectivity index (χ1v) is 26.5. The Balaban J connectivity index is 0.000000254. The number of carbonyl (C=O) groups excluding carboxylic acids is 2. The number of carbonyl (C=O) groups is 4. The molecule has 2 aliphatic heterocycles. The van der Waals surface area contributed by atoms with Crippen LogP contribution in [0.1, 0.15) is 144 Å². The minimum Gasteiger partial charge on any atom is -0.477 e. The first-order chi connectivity index (χ1) is 32.9. The molecule has 12 heteroatoms. The van der Waals surface area contributed by atoms with Gasteiger partial charge in [0.2, 0.25) is 11.8 Å². The Morgan fingerprint density at radius 1 is 0.559 bits per heavy atom. The smallest absolute Gasteiger partial charge is 0.345 e. The van der Waals surface area contributed by atoms with Crippen molar-refractivity contribution in [1.29, 1.82) is 0 Å². The van der Waals surface area contributed by atoms with Crippen molar-refractivity contribution in [3.8, 4) is 0 Å². The molecule has 4 heterocycles. The number of aliphatic hydroxyl groups is 2. The first-order valence-electron chi connectivity index (χ1n) is 24.9. The van der Waals surface area contributed by atoms with Crippen molar-refractivity contribution >= 4 is 46.4 Å². The van der Waals surface area contributed by atoms with Crippen LogP contribution in [-0.4, -0.2) is 91.4 Å². The molecule has 6 rings (SSSR count). The Kier molecular flexibility index (Phi) is 23.2. The number of aliphatic hydroxyl groups excluding tert-OH is 2. The number of hydrogen-bond acceptors (Lipinski definition) is 8. The number of thiophene rings is 2. The molecule has 4 N–H and O–H groups in total. The number of aryl methyl sites for hydroxylation is 4. The largest absolute Gasteiger partial charge is 0.477 e. The summed E-state index contributed by atoms with van der Waals surface area (Å²) in [6.45, 7) is 5.49. The summed E-state index contributed by atoms with van der Waals surface area (Å²) in [7, 11) is 0. The van der Waals surface area contributed by atoms with E-state index in [2.05, 4.69) is 62.4 Å². The second kappa shape index (κ2) is 29.2. The fourth-order valence-corrected chi connectivity index (χ4v) is 10.8. The predicted molar refractivity (Wildman–Crippen MR) is 275 cm³/mol. The quantitative estimate of drug-likeness (QED) is 0.0324. The van der Waals surface area contributed by atoms with Gasteiger partial charge >= 0.3 is 11.9 Å². The van der Waals surface area contributed by atoms with Crippen LogP contribution in [0.15, 0.2) is 109 Å². The van der Waals surface area contributed by atoms with Gasteiger partial charge in [-0.1, -0.05) is 124 Å². The van der Waals surface area contributed by atoms with Crippen LogP contribution in [0.3, 0.4) is 0 Å². The summed E-state index contributed by atoms with van der Waals surface area (Å²) in [6.07, 6.45) is 23.7. The summed E-state index contributed by atoms with van der Waals surface area (Å²) in [5.74, 6) is -1.07. The molecule has 2 aliphatic rings. The second-order valence-electron chi connectivity index (χ2n) is 18.6. The van der Waals surface area contributed by atoms with E-state index in [1.165, 1.54) is 59.5 Å². The van der Waals surface area contributed by atoms with Crippen molar-refractivity contribution in [2.45, 2.75) is 154 Å². The molecule has 2 amide bonds. The molecule has 2 saturated heterocycles. The van der Waals surface area contributed by atoms with Gasteiger partial charge in [-0.25, -0.2) is 9.59 Å². The summed E-state index contributed by atoms with van der Waals surface area (Å²) in [6, 6.07) is 28.2. The number of amides is 2. The normalized spacial score (nSPS) is 18.0. The zero-order valence-corrected chi connectivity index (χ0v) is 41.8. The third-order valence-corrected chi connectivity index (χ3v) is 15.6. The summed E-state index contributed by atoms with van der Waals surface area (Å²) >= 11 is 2.60. The van der Waals surface area contributed by atoms with Crippen LogP contribution >= 0.6 is 22.7 Å². The van der Waals surface area contributed by atoms with E-state index in [1.54, 1.807) is 12.1 Å². The number of rotatable bonds is 28. The zero-order chi connectivity index (χ0) is 48.7. The molecule has 0 bridgehead atoms. The summed E-state index contributed by atoms with van der Waals surface area (Å²) in [4.78, 5) is 53.4. The van der Waals surface area contributed by atoms with Gasteiger partial charge in [0, 0.05) is 35.7 Å². The third kappa shape index (κ3) is 18.6. The molecule has 2 aromatic carbocycles. The molecule has 0 aliphatic carbocycles. The van der Waals surface area contributed by atoms with Gasteiger partial charge in [-0.2, -0.15) is 0 Å². The molecule has 68 heavy (non-hydrogen) atoms. The van der Waals surface area contributed by atoms with Crippen molar-refractivity contribution in [3.63, 3.8) is 0 Å². The lowest BCUT2D eigenvalue weighted by atomic mass is 9.95. The lowest BCUT2D eigenvalue weighted by molar-refractivity contribution is -0.129. The van der Waals surface area contributed by atoms with Gasteiger partial charge in [0.1, 0.15) is 9.75 Å². The minimum absolute atomic E-state index is 0.0399. The van der Waals surface area contributed by atoms with Crippen LogP contribution in [0.25, 0.3) is 0 Å². The topological polar surface area (TPSA) is 156 Å². The number of benzene rings is 2. The van der Waals surface area contributed by atoms with E-state index in [0.29, 0.717) is 35.7 Å². The van der Waals surface area contributed by atoms with Crippen molar-refractivity contribution in [2.24, 2.45) is 11.8 Å². The lowest BCUT2D eigenvalue weighted by Crippen LogP contribution is -2.33. The Morgan fingerprint density at radius 2 is 0.956 bits per heavy atom. The van der Waals surface area contributed by atoms with E-state index in [4.69, 9.17) is 10.2 Å². The standard InChI is InChI=1S/2C28H37NO4S/c2*1-21(9-4-2-5-10-22-11-6-3-7-12-22)25(30)17-14-23-15-19-27(31)29(23)20-8-13-24-16-18-26(34-24)28(32)33/h2*3,6-7,11-12,14,16-18,21,23,25,30H,2,4-5,8-10,13,15,19-20H2,1H3,(H,32,33)/b2*17-14+/t21-,23+,25+;21-,23+,25-/m11/s1. The van der Waals surface area contributed by atoms with E-state index < -0.39 is 24.1 Å². The Labute approximate surface area is 412 Å². The van der Waals surface area contributed by atoms with Crippen LogP contribution in [0.2, 0.25) is 0 Å². The molecule has 2 fully saturated rings. The van der Waals surface area contributed by atoms with Gasteiger partial charge < -0.3 is 30.2 Å². The Morgan fingerprint density at radius 3 is 1.32 bits per heavy atom. The predicted octanol–water partition coefficient (Wildman–Crippen LogP) is 11.5. The maximum absolute atomic E-state index is 12.4. The van der Waals surface area contributed by atoms with E-state index in [9.17, 15) is 29.4 Å². The molecule has 2 aromatic heterocycles. The van der Waals surface area contributed by atoms with Crippen molar-refractivity contribution in [2.75, 3.05) is 13.1 Å². The second-order valence-corrected chi connectivity index (χ2v) is 20.9. The number of nitrogens with zero attached hydrogens (tertiary/aromatic N) is 2. The maximum Gasteiger partial charge on any atom is 0.345 e. The molecular formula is C56H74N2O8S2. The number of aromatic carboxylic acids is 2. The van der Waals surface area contributed by atoms with E-state index >= 15 is 0 Å². The average molecular weight is 967 g/mol. The monoisotopic (exact) mass is 966 g/mol. The molecule has 0 saturated carbocycles. The number of hydrogen-bond donors (Lipinski definition) is 4. The summed E-state index contributed by atoms with van der Waals surface area (Å²) < 4.78 is 0. The average Bonchev–Trinajstić information content (AvgIpc) is 4.16. The summed E-state index contributed by atoms with van der Waals surface area (Å²) in [5, 5.41) is 39.3. The fourth-order valence-electron chi connectivity index (χ4n) is 9.03. The SMILES string of the molecule is C[C@H](CCCCCc1ccccc1)[C@@H](O)/C=C/[C@H]1CCC(=O)N1CCCc1ccc(C(=O)O)s1.C[C@H](CCCCCc1ccccc1)[C@H](O)/C=C/[C@H]1CCC(=O)N1CCCc1ccc(C(=O)O)s1. The summed E-state index contributed by atoms with van der Waals surface area (Å²) in [5.41, 5.74) is 2.77. The number of carboxylic acids is 2. The van der Waals surface area contributed by atoms with Crippen LogP contribution < -0.4 is 0 Å². The molecule has 4 aromatic rings. The maximum atomic E-state index is 12.4. The van der Waals surface area contributed by atoms with Crippen LogP contribution in [-0.2, 0) is 35.3 Å². The van der Waals surface area contributed by atoms with Crippen LogP contribution in [0.4, 0.5) is 0 Å². The highest BCUT2D eigenvalue weighted by molar-refractivity contribution is 7.14. The number of unbranched alkanes of at least 4 members (excludes halogenated alkanes) is 4. The molecule has 368 valence electrons. The van der Waals surface area contributed by atoms with E-state index in [0.717, 1.165) is 86.8 Å². The fraction of sp³-hybridized carbons (Fsp3) is 0.500. The van der Waals surface area contributed by atoms with Crippen LogP contribution in [0, 0.1) is 11.8 Å². The minimum atomic E-state index is -0.892. The van der Waals surface area contributed by atoms with Gasteiger partial charge in [-0.3, -0.25) is 9.59 Å². The Bertz CT molecular complexity index is 2030. The molecule has 10 nitrogen and oxygen atoms in total. The lowest BCUT2D eigenvalue weighted by Gasteiger charge is -2.23. The van der Waals surface area contributed by atoms with Crippen molar-refractivity contribution in [3.05, 3.63) is 140 Å². The van der Waals surface area contributed by atoms with Gasteiger partial charge in [-0.15, -0.1) is 22.7 Å². The molecular weight excluding hydrogens is 893 g/mol. The number of carboxylic acid groups (broad SMARTS) is 2. The number of likely N-dealkylation sites (tertiary alicyclic amines) is 2. The van der Waals surface area contributed by atoms with Gasteiger partial charge in [-0.05, 0) is 124 Å². The van der Waals surface area contributed by atoms with Crippen molar-refractivity contribution < 1.29 is 39.6 Å². The highest BCUT2D eigenvalue weighted by atomic mass is 32.1. The third-order valence-electron chi connectivity index (χ3n) is 13.3. The van der Waals surface area contributed by atoms with Crippen LogP contribution in [0.5, 0.6) is 0 Å². The molecule has 0 radical (unpaired) electrons. The first kappa shape index (κ1) is 54.1. The van der Waals surface area contributed by atoms with Gasteiger partial charge in [0.25, 0.3) is 0 Å². The van der Waals surface area contributed by atoms with E-state index in [-0.39, 0.29) is 35.7 Å². The zero-order valence-electron chi connectivity index (χ0n) is 40.1. The van der Waals surface area contributed by atoms with Gasteiger partial charge in [0.05, 0.1) is 24.3 Å². The molecule has 0 unspecified atom stereocenters. The van der Waals surface area contributed by atoms with Crippen molar-refractivity contribution in [1.82, 2.24) is 9.80 Å². The molecule has 6 atom stereocenters.